The molecule has 0 spiro atoms. The van der Waals surface area contributed by atoms with Gasteiger partial charge in [0.1, 0.15) is 0 Å². The van der Waals surface area contributed by atoms with Crippen molar-refractivity contribution in [1.29, 1.82) is 0 Å². The molecule has 1 aromatic rings. The minimum atomic E-state index is 0.600. The Morgan fingerprint density at radius 1 is 1.30 bits per heavy atom. The molecule has 1 N–H and O–H groups in total. The van der Waals surface area contributed by atoms with Crippen molar-refractivity contribution < 1.29 is 0 Å². The molecule has 20 heavy (non-hydrogen) atoms. The van der Waals surface area contributed by atoms with Gasteiger partial charge in [-0.15, -0.1) is 0 Å². The molecule has 0 radical (unpaired) electrons. The molecule has 0 bridgehead atoms. The second kappa shape index (κ2) is 6.23. The van der Waals surface area contributed by atoms with Crippen molar-refractivity contribution in [1.82, 2.24) is 10.2 Å². The van der Waals surface area contributed by atoms with Gasteiger partial charge in [-0.25, -0.2) is 0 Å². The minimum absolute atomic E-state index is 0.600. The molecule has 1 heterocycles. The highest BCUT2D eigenvalue weighted by Gasteiger charge is 2.38. The molecule has 3 rings (SSSR count). The predicted octanol–water partition coefficient (Wildman–Crippen LogP) is 3.96. The largest absolute Gasteiger partial charge is 0.311 e. The number of benzene rings is 1. The Labute approximate surface area is 131 Å². The minimum Gasteiger partial charge on any atom is -0.311 e. The fraction of sp³-hybridized carbons (Fsp3) is 0.625. The maximum absolute atomic E-state index is 6.33. The van der Waals surface area contributed by atoms with Crippen molar-refractivity contribution in [2.75, 3.05) is 13.1 Å². The molecule has 2 atom stereocenters. The van der Waals surface area contributed by atoms with Gasteiger partial charge in [-0.05, 0) is 48.9 Å². The molecule has 110 valence electrons. The maximum Gasteiger partial charge on any atom is 0.0452 e. The van der Waals surface area contributed by atoms with E-state index in [0.29, 0.717) is 12.1 Å². The molecule has 1 aromatic carbocycles. The predicted molar refractivity (Wildman–Crippen MR) is 85.5 cm³/mol. The Morgan fingerprint density at radius 2 is 2.10 bits per heavy atom. The summed E-state index contributed by atoms with van der Waals surface area (Å²) in [6.07, 6.45) is 3.93. The van der Waals surface area contributed by atoms with Crippen LogP contribution in [0.3, 0.4) is 0 Å². The van der Waals surface area contributed by atoms with E-state index in [1.54, 1.807) is 0 Å². The first kappa shape index (κ1) is 14.6. The summed E-state index contributed by atoms with van der Waals surface area (Å²) < 4.78 is 0. The average molecular weight is 313 g/mol. The summed E-state index contributed by atoms with van der Waals surface area (Å²) in [6.45, 7) is 5.39. The highest BCUT2D eigenvalue weighted by molar-refractivity contribution is 6.33. The van der Waals surface area contributed by atoms with Crippen LogP contribution in [0.25, 0.3) is 0 Å². The van der Waals surface area contributed by atoms with Crippen LogP contribution in [-0.2, 0) is 6.54 Å². The topological polar surface area (TPSA) is 15.3 Å². The number of nitrogens with one attached hydrogen (secondary N) is 1. The molecule has 0 amide bonds. The third-order valence-electron chi connectivity index (χ3n) is 4.58. The lowest BCUT2D eigenvalue weighted by Gasteiger charge is -2.40. The van der Waals surface area contributed by atoms with Gasteiger partial charge in [-0.3, -0.25) is 4.90 Å². The molecule has 4 heteroatoms. The van der Waals surface area contributed by atoms with Gasteiger partial charge in [0.15, 0.2) is 0 Å². The van der Waals surface area contributed by atoms with Crippen molar-refractivity contribution in [2.24, 2.45) is 5.92 Å². The first-order valence-electron chi connectivity index (χ1n) is 7.58. The Kier molecular flexibility index (Phi) is 4.56. The number of halogens is 2. The van der Waals surface area contributed by atoms with E-state index in [9.17, 15) is 0 Å². The van der Waals surface area contributed by atoms with Crippen molar-refractivity contribution in [3.05, 3.63) is 33.8 Å². The standard InChI is InChI=1S/C16H22Cl2N2/c1-2-14-10-20(16(8-19-14)11-3-4-11)9-12-7-13(17)5-6-15(12)18/h5-7,11,14,16,19H,2-4,8-10H2,1H3. The van der Waals surface area contributed by atoms with E-state index in [0.717, 1.165) is 41.2 Å². The summed E-state index contributed by atoms with van der Waals surface area (Å²) in [5, 5.41) is 5.28. The normalized spacial score (nSPS) is 27.8. The lowest BCUT2D eigenvalue weighted by molar-refractivity contribution is 0.106. The summed E-state index contributed by atoms with van der Waals surface area (Å²) in [7, 11) is 0. The monoisotopic (exact) mass is 312 g/mol. The Morgan fingerprint density at radius 3 is 2.80 bits per heavy atom. The van der Waals surface area contributed by atoms with Gasteiger partial charge in [0.2, 0.25) is 0 Å². The first-order valence-corrected chi connectivity index (χ1v) is 8.34. The van der Waals surface area contributed by atoms with Crippen LogP contribution in [0.1, 0.15) is 31.7 Å². The van der Waals surface area contributed by atoms with Crippen LogP contribution in [0.2, 0.25) is 10.0 Å². The number of hydrogen-bond acceptors (Lipinski definition) is 2. The Balaban J connectivity index is 1.76. The van der Waals surface area contributed by atoms with Gasteiger partial charge >= 0.3 is 0 Å². The van der Waals surface area contributed by atoms with Crippen LogP contribution in [0.5, 0.6) is 0 Å². The molecule has 2 unspecified atom stereocenters. The van der Waals surface area contributed by atoms with Gasteiger partial charge in [0.05, 0.1) is 0 Å². The van der Waals surface area contributed by atoms with E-state index in [-0.39, 0.29) is 0 Å². The van der Waals surface area contributed by atoms with Crippen molar-refractivity contribution in [2.45, 2.75) is 44.8 Å². The van der Waals surface area contributed by atoms with Crippen LogP contribution in [0.4, 0.5) is 0 Å². The zero-order valence-electron chi connectivity index (χ0n) is 11.9. The average Bonchev–Trinajstić information content (AvgIpc) is 3.27. The fourth-order valence-electron chi connectivity index (χ4n) is 3.18. The number of piperazine rings is 1. The molecular weight excluding hydrogens is 291 g/mol. The summed E-state index contributed by atoms with van der Waals surface area (Å²) >= 11 is 12.4. The molecule has 1 aliphatic carbocycles. The Bertz CT molecular complexity index is 474. The molecule has 1 saturated carbocycles. The Hall–Kier alpha value is -0.280. The summed E-state index contributed by atoms with van der Waals surface area (Å²) in [4.78, 5) is 2.61. The number of nitrogens with zero attached hydrogens (tertiary/aromatic N) is 1. The summed E-state index contributed by atoms with van der Waals surface area (Å²) in [5.41, 5.74) is 1.15. The summed E-state index contributed by atoms with van der Waals surface area (Å²) in [5.74, 6) is 0.873. The summed E-state index contributed by atoms with van der Waals surface area (Å²) in [6, 6.07) is 7.04. The van der Waals surface area contributed by atoms with E-state index in [1.807, 2.05) is 18.2 Å². The van der Waals surface area contributed by atoms with Crippen LogP contribution in [0, 0.1) is 5.92 Å². The van der Waals surface area contributed by atoms with E-state index in [1.165, 1.54) is 19.3 Å². The van der Waals surface area contributed by atoms with Crippen LogP contribution in [0.15, 0.2) is 18.2 Å². The molecule has 2 fully saturated rings. The van der Waals surface area contributed by atoms with Crippen molar-refractivity contribution in [3.8, 4) is 0 Å². The maximum atomic E-state index is 6.33. The highest BCUT2D eigenvalue weighted by atomic mass is 35.5. The number of hydrogen-bond donors (Lipinski definition) is 1. The fourth-order valence-corrected chi connectivity index (χ4v) is 3.56. The number of rotatable bonds is 4. The van der Waals surface area contributed by atoms with Crippen molar-refractivity contribution >= 4 is 23.2 Å². The second-order valence-corrected chi connectivity index (χ2v) is 6.93. The first-order chi connectivity index (χ1) is 9.67. The van der Waals surface area contributed by atoms with Crippen molar-refractivity contribution in [3.63, 3.8) is 0 Å². The molecule has 1 aliphatic heterocycles. The molecule has 0 aromatic heterocycles. The lowest BCUT2D eigenvalue weighted by atomic mass is 10.0. The van der Waals surface area contributed by atoms with Gasteiger partial charge in [0.25, 0.3) is 0 Å². The SMILES string of the molecule is CCC1CN(Cc2cc(Cl)ccc2Cl)C(C2CC2)CN1. The molecule has 2 nitrogen and oxygen atoms in total. The molecular formula is C16H22Cl2N2. The zero-order chi connectivity index (χ0) is 14.1. The van der Waals surface area contributed by atoms with E-state index < -0.39 is 0 Å². The van der Waals surface area contributed by atoms with Crippen LogP contribution in [-0.4, -0.2) is 30.1 Å². The zero-order valence-corrected chi connectivity index (χ0v) is 13.4. The lowest BCUT2D eigenvalue weighted by Crippen LogP contribution is -2.56. The highest BCUT2D eigenvalue weighted by Crippen LogP contribution is 2.37. The second-order valence-electron chi connectivity index (χ2n) is 6.08. The molecule has 2 aliphatic rings. The third kappa shape index (κ3) is 3.30. The third-order valence-corrected chi connectivity index (χ3v) is 5.18. The van der Waals surface area contributed by atoms with Gasteiger partial charge in [-0.2, -0.15) is 0 Å². The smallest absolute Gasteiger partial charge is 0.0452 e. The van der Waals surface area contributed by atoms with Gasteiger partial charge < -0.3 is 5.32 Å². The van der Waals surface area contributed by atoms with Crippen LogP contribution < -0.4 is 5.32 Å². The van der Waals surface area contributed by atoms with Gasteiger partial charge in [-0.1, -0.05) is 30.1 Å². The van der Waals surface area contributed by atoms with E-state index in [4.69, 9.17) is 23.2 Å². The molecule has 1 saturated heterocycles. The van der Waals surface area contributed by atoms with Crippen LogP contribution >= 0.6 is 23.2 Å². The van der Waals surface area contributed by atoms with E-state index in [2.05, 4.69) is 17.1 Å². The van der Waals surface area contributed by atoms with E-state index >= 15 is 0 Å². The quantitative estimate of drug-likeness (QED) is 0.905. The van der Waals surface area contributed by atoms with Gasteiger partial charge in [0, 0.05) is 41.8 Å².